The molecule has 4 aromatic rings. The molecule has 0 aliphatic heterocycles. The highest BCUT2D eigenvalue weighted by Crippen LogP contribution is 2.31. The number of carbonyl (C=O) groups excluding carboxylic acids is 1. The van der Waals surface area contributed by atoms with Crippen LogP contribution >= 0.6 is 0 Å². The maximum Gasteiger partial charge on any atom is 0.416 e. The predicted molar refractivity (Wildman–Crippen MR) is 134 cm³/mol. The van der Waals surface area contributed by atoms with Crippen molar-refractivity contribution in [2.45, 2.75) is 12.8 Å². The molecular weight excluding hydrogens is 469 g/mol. The van der Waals surface area contributed by atoms with Crippen LogP contribution in [0.3, 0.4) is 0 Å². The van der Waals surface area contributed by atoms with Gasteiger partial charge in [0.05, 0.1) is 11.8 Å². The molecule has 9 heteroatoms. The molecule has 0 unspecified atom stereocenters. The number of nitrogens with one attached hydrogen (secondary N) is 2. The summed E-state index contributed by atoms with van der Waals surface area (Å²) in [7, 11) is 0. The van der Waals surface area contributed by atoms with Crippen LogP contribution in [0.15, 0.2) is 84.0 Å². The van der Waals surface area contributed by atoms with E-state index in [4.69, 9.17) is 15.9 Å². The molecule has 0 heterocycles. The number of rotatable bonds is 7. The molecular formula is C27H21F3N4O2. The van der Waals surface area contributed by atoms with Crippen LogP contribution in [0.5, 0.6) is 5.75 Å². The Bertz CT molecular complexity index is 1450. The Hall–Kier alpha value is -4.66. The summed E-state index contributed by atoms with van der Waals surface area (Å²) in [4.78, 5) is 12.4. The summed E-state index contributed by atoms with van der Waals surface area (Å²) >= 11 is 0. The van der Waals surface area contributed by atoms with Crippen molar-refractivity contribution >= 4 is 34.8 Å². The van der Waals surface area contributed by atoms with Crippen molar-refractivity contribution in [2.75, 3.05) is 5.73 Å². The van der Waals surface area contributed by atoms with Crippen LogP contribution in [0.4, 0.5) is 18.9 Å². The van der Waals surface area contributed by atoms with E-state index >= 15 is 0 Å². The van der Waals surface area contributed by atoms with Gasteiger partial charge in [-0.1, -0.05) is 36.4 Å². The minimum Gasteiger partial charge on any atom is -0.488 e. The van der Waals surface area contributed by atoms with E-state index in [9.17, 15) is 18.0 Å². The third-order valence-electron chi connectivity index (χ3n) is 5.47. The molecule has 0 bridgehead atoms. The van der Waals surface area contributed by atoms with Gasteiger partial charge in [0, 0.05) is 34.0 Å². The Kier molecular flexibility index (Phi) is 7.00. The fourth-order valence-corrected chi connectivity index (χ4v) is 3.55. The molecule has 0 fully saturated rings. The number of halogens is 3. The van der Waals surface area contributed by atoms with Crippen LogP contribution < -0.4 is 15.9 Å². The minimum atomic E-state index is -4.38. The number of alkyl halides is 3. The van der Waals surface area contributed by atoms with Gasteiger partial charge >= 0.3 is 6.18 Å². The molecule has 4 aromatic carbocycles. The number of benzene rings is 4. The zero-order valence-corrected chi connectivity index (χ0v) is 18.8. The van der Waals surface area contributed by atoms with Gasteiger partial charge in [-0.2, -0.15) is 18.3 Å². The van der Waals surface area contributed by atoms with E-state index in [2.05, 4.69) is 10.5 Å². The summed E-state index contributed by atoms with van der Waals surface area (Å²) in [5, 5.41) is 13.0. The summed E-state index contributed by atoms with van der Waals surface area (Å²) in [6.07, 6.45) is -1.80. The fraction of sp³-hybridized carbons (Fsp3) is 0.0741. The van der Waals surface area contributed by atoms with Crippen molar-refractivity contribution in [1.29, 1.82) is 5.41 Å². The predicted octanol–water partition coefficient (Wildman–Crippen LogP) is 5.78. The number of anilines is 1. The lowest BCUT2D eigenvalue weighted by molar-refractivity contribution is -0.137. The number of nitrogens with two attached hydrogens (primary N) is 1. The Morgan fingerprint density at radius 3 is 2.39 bits per heavy atom. The number of amides is 1. The standard InChI is InChI=1S/C27H21F3N4O2/c28-27(29,30)21-9-5-17(6-10-21)16-36-25-12-8-19(22-3-1-2-4-23(22)25)15-33-34-26(35)18-7-11-24(32)20(13-18)14-31/h1-15,31H,16,32H2,(H,34,35)/b31-14?,33-15+. The monoisotopic (exact) mass is 490 g/mol. The average molecular weight is 490 g/mol. The number of hydrazone groups is 1. The van der Waals surface area contributed by atoms with E-state index in [-0.39, 0.29) is 6.61 Å². The van der Waals surface area contributed by atoms with Gasteiger partial charge in [0.2, 0.25) is 0 Å². The minimum absolute atomic E-state index is 0.102. The number of nitrogens with zero attached hydrogens (tertiary/aromatic N) is 1. The third-order valence-corrected chi connectivity index (χ3v) is 5.47. The van der Waals surface area contributed by atoms with Gasteiger partial charge in [-0.25, -0.2) is 5.43 Å². The lowest BCUT2D eigenvalue weighted by Crippen LogP contribution is -2.18. The normalized spacial score (nSPS) is 11.5. The second-order valence-electron chi connectivity index (χ2n) is 7.87. The van der Waals surface area contributed by atoms with Gasteiger partial charge in [0.1, 0.15) is 12.4 Å². The summed E-state index contributed by atoms with van der Waals surface area (Å²) in [5.74, 6) is 0.114. The topological polar surface area (TPSA) is 101 Å². The molecule has 6 nitrogen and oxygen atoms in total. The average Bonchev–Trinajstić information content (AvgIpc) is 2.88. The van der Waals surface area contributed by atoms with Crippen LogP contribution in [0.25, 0.3) is 10.8 Å². The highest BCUT2D eigenvalue weighted by Gasteiger charge is 2.29. The molecule has 0 aliphatic carbocycles. The van der Waals surface area contributed by atoms with Gasteiger partial charge in [-0.05, 0) is 53.4 Å². The number of nitrogen functional groups attached to an aromatic ring is 1. The van der Waals surface area contributed by atoms with Gasteiger partial charge in [-0.3, -0.25) is 4.79 Å². The van der Waals surface area contributed by atoms with E-state index in [0.29, 0.717) is 28.1 Å². The van der Waals surface area contributed by atoms with Gasteiger partial charge < -0.3 is 15.9 Å². The Morgan fingerprint density at radius 2 is 1.69 bits per heavy atom. The second-order valence-corrected chi connectivity index (χ2v) is 7.87. The van der Waals surface area contributed by atoms with E-state index < -0.39 is 17.6 Å². The quantitative estimate of drug-likeness (QED) is 0.174. The van der Waals surface area contributed by atoms with Crippen molar-refractivity contribution in [3.63, 3.8) is 0 Å². The molecule has 0 saturated carbocycles. The number of hydrogen-bond donors (Lipinski definition) is 3. The smallest absolute Gasteiger partial charge is 0.416 e. The summed E-state index contributed by atoms with van der Waals surface area (Å²) in [6.45, 7) is 0.102. The Labute approximate surface area is 204 Å². The fourth-order valence-electron chi connectivity index (χ4n) is 3.55. The van der Waals surface area contributed by atoms with Crippen molar-refractivity contribution in [1.82, 2.24) is 5.43 Å². The molecule has 0 radical (unpaired) electrons. The molecule has 0 saturated heterocycles. The molecule has 0 atom stereocenters. The third kappa shape index (κ3) is 5.52. The lowest BCUT2D eigenvalue weighted by Gasteiger charge is -2.12. The van der Waals surface area contributed by atoms with Crippen LogP contribution in [0, 0.1) is 5.41 Å². The summed E-state index contributed by atoms with van der Waals surface area (Å²) in [5.41, 5.74) is 9.99. The van der Waals surface area contributed by atoms with Crippen LogP contribution in [-0.4, -0.2) is 18.3 Å². The van der Waals surface area contributed by atoms with E-state index in [0.717, 1.165) is 34.7 Å². The van der Waals surface area contributed by atoms with Crippen molar-refractivity contribution in [2.24, 2.45) is 5.10 Å². The van der Waals surface area contributed by atoms with Crippen molar-refractivity contribution in [3.05, 3.63) is 107 Å². The summed E-state index contributed by atoms with van der Waals surface area (Å²) < 4.78 is 44.2. The van der Waals surface area contributed by atoms with E-state index in [1.54, 1.807) is 24.3 Å². The van der Waals surface area contributed by atoms with Gasteiger partial charge in [-0.15, -0.1) is 0 Å². The highest BCUT2D eigenvalue weighted by molar-refractivity contribution is 6.03. The van der Waals surface area contributed by atoms with Gasteiger partial charge in [0.25, 0.3) is 5.91 Å². The summed E-state index contributed by atoms with van der Waals surface area (Å²) in [6, 6.07) is 20.4. The molecule has 4 N–H and O–H groups in total. The van der Waals surface area contributed by atoms with Gasteiger partial charge in [0.15, 0.2) is 0 Å². The first-order valence-corrected chi connectivity index (χ1v) is 10.8. The molecule has 0 aliphatic rings. The molecule has 36 heavy (non-hydrogen) atoms. The first-order valence-electron chi connectivity index (χ1n) is 10.8. The number of carbonyl (C=O) groups is 1. The number of hydrogen-bond acceptors (Lipinski definition) is 5. The molecule has 182 valence electrons. The second kappa shape index (κ2) is 10.3. The maximum atomic E-state index is 12.8. The molecule has 0 spiro atoms. The lowest BCUT2D eigenvalue weighted by atomic mass is 10.0. The van der Waals surface area contributed by atoms with Crippen LogP contribution in [-0.2, 0) is 12.8 Å². The zero-order chi connectivity index (χ0) is 25.7. The first kappa shape index (κ1) is 24.5. The van der Waals surface area contributed by atoms with Crippen LogP contribution in [0.1, 0.15) is 32.6 Å². The number of ether oxygens (including phenoxy) is 1. The van der Waals surface area contributed by atoms with E-state index in [1.165, 1.54) is 24.4 Å². The van der Waals surface area contributed by atoms with Crippen molar-refractivity contribution < 1.29 is 22.7 Å². The Morgan fingerprint density at radius 1 is 0.972 bits per heavy atom. The maximum absolute atomic E-state index is 12.8. The molecule has 1 amide bonds. The SMILES string of the molecule is N=Cc1cc(C(=O)N/N=C/c2ccc(OCc3ccc(C(F)(F)F)cc3)c3ccccc23)ccc1N. The van der Waals surface area contributed by atoms with Crippen LogP contribution in [0.2, 0.25) is 0 Å². The molecule has 4 rings (SSSR count). The number of fused-ring (bicyclic) bond motifs is 1. The first-order chi connectivity index (χ1) is 17.3. The molecule has 0 aromatic heterocycles. The van der Waals surface area contributed by atoms with Crippen molar-refractivity contribution in [3.8, 4) is 5.75 Å². The largest absolute Gasteiger partial charge is 0.488 e. The Balaban J connectivity index is 1.48. The zero-order valence-electron chi connectivity index (χ0n) is 18.8. The highest BCUT2D eigenvalue weighted by atomic mass is 19.4. The van der Waals surface area contributed by atoms with E-state index in [1.807, 2.05) is 24.3 Å².